The third kappa shape index (κ3) is 3.82. The van der Waals surface area contributed by atoms with Crippen molar-refractivity contribution in [1.29, 1.82) is 0 Å². The Balaban J connectivity index is 1.34. The standard InChI is InChI=1S/C23H32N4O2S/c1-14(21(24)28)12-15-4-9-18-19(15)20-22(25-13-26-23(20)30-18)29-17-7-5-16(6-8-17)27-10-2-3-11-27/h13-17H,2-12H2,1H3,(H2,24,28)/t14?,15-,16-,17-/m1/s1. The van der Waals surface area contributed by atoms with E-state index in [4.69, 9.17) is 10.5 Å². The normalized spacial score (nSPS) is 28.0. The van der Waals surface area contributed by atoms with Crippen molar-refractivity contribution in [3.63, 3.8) is 0 Å². The summed E-state index contributed by atoms with van der Waals surface area (Å²) in [5.74, 6) is 0.757. The first-order chi connectivity index (χ1) is 14.6. The Kier molecular flexibility index (Phi) is 5.67. The molecule has 2 aromatic rings. The van der Waals surface area contributed by atoms with Crippen LogP contribution in [-0.4, -0.2) is 46.0 Å². The van der Waals surface area contributed by atoms with E-state index in [0.29, 0.717) is 5.92 Å². The lowest BCUT2D eigenvalue weighted by Crippen LogP contribution is -2.38. The molecule has 0 bridgehead atoms. The van der Waals surface area contributed by atoms with Crippen LogP contribution in [0.15, 0.2) is 6.33 Å². The fraction of sp³-hybridized carbons (Fsp3) is 0.696. The van der Waals surface area contributed by atoms with E-state index in [9.17, 15) is 4.79 Å². The van der Waals surface area contributed by atoms with Gasteiger partial charge in [-0.1, -0.05) is 6.92 Å². The summed E-state index contributed by atoms with van der Waals surface area (Å²) in [6.45, 7) is 4.48. The zero-order valence-corrected chi connectivity index (χ0v) is 18.6. The number of thiophene rings is 1. The van der Waals surface area contributed by atoms with Crippen LogP contribution in [-0.2, 0) is 11.2 Å². The van der Waals surface area contributed by atoms with Gasteiger partial charge in [-0.2, -0.15) is 0 Å². The van der Waals surface area contributed by atoms with E-state index < -0.39 is 0 Å². The number of primary amides is 1. The number of amides is 1. The molecule has 2 aliphatic carbocycles. The van der Waals surface area contributed by atoms with E-state index in [1.807, 2.05) is 6.92 Å². The molecule has 3 heterocycles. The topological polar surface area (TPSA) is 81.3 Å². The molecule has 162 valence electrons. The van der Waals surface area contributed by atoms with Crippen LogP contribution in [0, 0.1) is 5.92 Å². The van der Waals surface area contributed by atoms with E-state index in [0.717, 1.165) is 54.2 Å². The molecule has 1 saturated heterocycles. The van der Waals surface area contributed by atoms with E-state index in [1.165, 1.54) is 49.2 Å². The maximum atomic E-state index is 11.6. The molecule has 1 amide bonds. The highest BCUT2D eigenvalue weighted by Gasteiger charge is 2.33. The minimum absolute atomic E-state index is 0.120. The number of hydrogen-bond donors (Lipinski definition) is 1. The number of likely N-dealkylation sites (tertiary alicyclic amines) is 1. The van der Waals surface area contributed by atoms with Gasteiger partial charge in [-0.05, 0) is 82.4 Å². The number of carbonyl (C=O) groups excluding carboxylic acids is 1. The Bertz CT molecular complexity index is 915. The van der Waals surface area contributed by atoms with Crippen LogP contribution in [0.25, 0.3) is 10.2 Å². The van der Waals surface area contributed by atoms with Gasteiger partial charge in [0.15, 0.2) is 0 Å². The van der Waals surface area contributed by atoms with Crippen molar-refractivity contribution in [1.82, 2.24) is 14.9 Å². The number of rotatable bonds is 6. The van der Waals surface area contributed by atoms with Crippen LogP contribution in [0.3, 0.4) is 0 Å². The van der Waals surface area contributed by atoms with Gasteiger partial charge in [-0.3, -0.25) is 4.79 Å². The lowest BCUT2D eigenvalue weighted by Gasteiger charge is -2.34. The number of aromatic nitrogens is 2. The van der Waals surface area contributed by atoms with Gasteiger partial charge in [0.2, 0.25) is 11.8 Å². The van der Waals surface area contributed by atoms with Gasteiger partial charge in [0.25, 0.3) is 0 Å². The first kappa shape index (κ1) is 20.2. The van der Waals surface area contributed by atoms with Gasteiger partial charge < -0.3 is 15.4 Å². The Morgan fingerprint density at radius 3 is 2.73 bits per heavy atom. The number of nitrogens with two attached hydrogens (primary N) is 1. The third-order valence-electron chi connectivity index (χ3n) is 7.40. The SMILES string of the molecule is CC(C[C@H]1CCc2sc3ncnc(O[C@H]4CC[C@H](N5CCCC5)CC4)c3c21)C(N)=O. The van der Waals surface area contributed by atoms with Crippen molar-refractivity contribution in [3.8, 4) is 5.88 Å². The van der Waals surface area contributed by atoms with Gasteiger partial charge in [0, 0.05) is 16.8 Å². The average molecular weight is 429 g/mol. The van der Waals surface area contributed by atoms with Crippen molar-refractivity contribution in [2.45, 2.75) is 82.8 Å². The maximum absolute atomic E-state index is 11.6. The molecule has 6 nitrogen and oxygen atoms in total. The Hall–Kier alpha value is -1.73. The summed E-state index contributed by atoms with van der Waals surface area (Å²) >= 11 is 1.77. The summed E-state index contributed by atoms with van der Waals surface area (Å²) in [4.78, 5) is 25.8. The fourth-order valence-electron chi connectivity index (χ4n) is 5.70. The second-order valence-corrected chi connectivity index (χ2v) is 10.4. The molecular formula is C23H32N4O2S. The summed E-state index contributed by atoms with van der Waals surface area (Å²) in [5, 5.41) is 1.10. The van der Waals surface area contributed by atoms with Crippen LogP contribution in [0.4, 0.5) is 0 Å². The van der Waals surface area contributed by atoms with E-state index in [2.05, 4.69) is 14.9 Å². The monoisotopic (exact) mass is 428 g/mol. The molecule has 3 aliphatic rings. The van der Waals surface area contributed by atoms with Gasteiger partial charge in [0.05, 0.1) is 5.39 Å². The zero-order chi connectivity index (χ0) is 20.7. The lowest BCUT2D eigenvalue weighted by atomic mass is 9.90. The Morgan fingerprint density at radius 2 is 2.00 bits per heavy atom. The lowest BCUT2D eigenvalue weighted by molar-refractivity contribution is -0.121. The van der Waals surface area contributed by atoms with Crippen LogP contribution in [0.5, 0.6) is 5.88 Å². The molecule has 2 atom stereocenters. The number of carbonyl (C=O) groups is 1. The zero-order valence-electron chi connectivity index (χ0n) is 17.8. The predicted molar refractivity (Wildman–Crippen MR) is 119 cm³/mol. The summed E-state index contributed by atoms with van der Waals surface area (Å²) in [6, 6.07) is 0.739. The second-order valence-electron chi connectivity index (χ2n) is 9.36. The number of aryl methyl sites for hydroxylation is 1. The van der Waals surface area contributed by atoms with Crippen molar-refractivity contribution >= 4 is 27.5 Å². The van der Waals surface area contributed by atoms with Gasteiger partial charge in [0.1, 0.15) is 17.3 Å². The summed E-state index contributed by atoms with van der Waals surface area (Å²) < 4.78 is 6.51. The number of hydrogen-bond acceptors (Lipinski definition) is 6. The highest BCUT2D eigenvalue weighted by Crippen LogP contribution is 2.48. The minimum atomic E-state index is -0.217. The fourth-order valence-corrected chi connectivity index (χ4v) is 6.93. The number of fused-ring (bicyclic) bond motifs is 3. The largest absolute Gasteiger partial charge is 0.474 e. The van der Waals surface area contributed by atoms with E-state index in [-0.39, 0.29) is 17.9 Å². The third-order valence-corrected chi connectivity index (χ3v) is 8.57. The number of ether oxygens (including phenoxy) is 1. The highest BCUT2D eigenvalue weighted by atomic mass is 32.1. The molecule has 0 radical (unpaired) electrons. The van der Waals surface area contributed by atoms with Gasteiger partial charge in [-0.25, -0.2) is 9.97 Å². The molecule has 0 spiro atoms. The smallest absolute Gasteiger partial charge is 0.225 e. The average Bonchev–Trinajstić information content (AvgIpc) is 3.46. The Morgan fingerprint density at radius 1 is 1.23 bits per heavy atom. The van der Waals surface area contributed by atoms with Crippen molar-refractivity contribution < 1.29 is 9.53 Å². The second kappa shape index (κ2) is 8.42. The quantitative estimate of drug-likeness (QED) is 0.752. The molecule has 7 heteroatoms. The van der Waals surface area contributed by atoms with Crippen LogP contribution >= 0.6 is 11.3 Å². The number of nitrogens with zero attached hydrogens (tertiary/aromatic N) is 3. The summed E-state index contributed by atoms with van der Waals surface area (Å²) in [6.07, 6.45) is 12.1. The van der Waals surface area contributed by atoms with Crippen LogP contribution in [0.2, 0.25) is 0 Å². The molecule has 5 rings (SSSR count). The minimum Gasteiger partial charge on any atom is -0.474 e. The molecule has 2 N–H and O–H groups in total. The maximum Gasteiger partial charge on any atom is 0.225 e. The first-order valence-corrected chi connectivity index (χ1v) is 12.4. The van der Waals surface area contributed by atoms with E-state index in [1.54, 1.807) is 17.7 Å². The van der Waals surface area contributed by atoms with Crippen molar-refractivity contribution in [2.75, 3.05) is 13.1 Å². The molecule has 2 fully saturated rings. The molecule has 1 aliphatic heterocycles. The van der Waals surface area contributed by atoms with E-state index >= 15 is 0 Å². The highest BCUT2D eigenvalue weighted by molar-refractivity contribution is 7.19. The van der Waals surface area contributed by atoms with Crippen LogP contribution in [0.1, 0.15) is 74.6 Å². The van der Waals surface area contributed by atoms with Crippen LogP contribution < -0.4 is 10.5 Å². The first-order valence-electron chi connectivity index (χ1n) is 11.6. The molecule has 2 aromatic heterocycles. The van der Waals surface area contributed by atoms with Gasteiger partial charge in [-0.15, -0.1) is 11.3 Å². The van der Waals surface area contributed by atoms with Crippen molar-refractivity contribution in [2.24, 2.45) is 11.7 Å². The Labute approximate surface area is 182 Å². The summed E-state index contributed by atoms with van der Waals surface area (Å²) in [5.41, 5.74) is 6.87. The predicted octanol–water partition coefficient (Wildman–Crippen LogP) is 4.02. The molecule has 1 unspecified atom stereocenters. The molecular weight excluding hydrogens is 396 g/mol. The molecule has 1 saturated carbocycles. The molecule has 0 aromatic carbocycles. The molecule has 30 heavy (non-hydrogen) atoms. The summed E-state index contributed by atoms with van der Waals surface area (Å²) in [7, 11) is 0. The van der Waals surface area contributed by atoms with Crippen molar-refractivity contribution in [3.05, 3.63) is 16.8 Å². The van der Waals surface area contributed by atoms with Gasteiger partial charge >= 0.3 is 0 Å².